The van der Waals surface area contributed by atoms with Crippen LogP contribution in [0.1, 0.15) is 32.1 Å². The number of methoxy groups -OCH3 is 2. The normalized spacial score (nSPS) is 17.1. The zero-order chi connectivity index (χ0) is 12.7. The van der Waals surface area contributed by atoms with Crippen LogP contribution < -0.4 is 0 Å². The minimum absolute atomic E-state index is 0.0315. The van der Waals surface area contributed by atoms with Gasteiger partial charge in [-0.3, -0.25) is 4.79 Å². The highest BCUT2D eigenvalue weighted by Crippen LogP contribution is 2.23. The monoisotopic (exact) mass is 241 g/mol. The summed E-state index contributed by atoms with van der Waals surface area (Å²) in [4.78, 5) is 13.7. The van der Waals surface area contributed by atoms with Gasteiger partial charge in [-0.1, -0.05) is 25.8 Å². The van der Waals surface area contributed by atoms with Gasteiger partial charge in [0.15, 0.2) is 6.29 Å². The summed E-state index contributed by atoms with van der Waals surface area (Å²) in [7, 11) is 3.18. The molecule has 4 nitrogen and oxygen atoms in total. The highest BCUT2D eigenvalue weighted by atomic mass is 16.7. The average molecular weight is 241 g/mol. The Kier molecular flexibility index (Phi) is 6.22. The Morgan fingerprint density at radius 2 is 1.94 bits per heavy atom. The second-order valence-electron chi connectivity index (χ2n) is 4.39. The minimum atomic E-state index is -0.360. The van der Waals surface area contributed by atoms with E-state index < -0.39 is 0 Å². The molecule has 0 unspecified atom stereocenters. The molecule has 0 aromatic rings. The van der Waals surface area contributed by atoms with Crippen LogP contribution in [-0.4, -0.2) is 43.9 Å². The molecule has 0 aromatic heterocycles. The van der Waals surface area contributed by atoms with Crippen molar-refractivity contribution in [2.45, 2.75) is 44.4 Å². The van der Waals surface area contributed by atoms with E-state index in [9.17, 15) is 4.79 Å². The first-order valence-corrected chi connectivity index (χ1v) is 6.21. The molecule has 1 aliphatic rings. The topological polar surface area (TPSA) is 38.8 Å². The first-order chi connectivity index (χ1) is 8.22. The predicted octanol–water partition coefficient (Wildman–Crippen LogP) is 1.95. The number of carbonyl (C=O) groups is 1. The first-order valence-electron chi connectivity index (χ1n) is 6.21. The number of amides is 1. The van der Waals surface area contributed by atoms with Gasteiger partial charge in [0.1, 0.15) is 0 Å². The molecule has 0 aromatic carbocycles. The largest absolute Gasteiger partial charge is 0.354 e. The molecule has 0 N–H and O–H groups in total. The average Bonchev–Trinajstić information content (AvgIpc) is 2.40. The smallest absolute Gasteiger partial charge is 0.246 e. The lowest BCUT2D eigenvalue weighted by atomic mass is 9.94. The Balaban J connectivity index is 2.64. The summed E-state index contributed by atoms with van der Waals surface area (Å²) in [5, 5.41) is 0. The molecule has 0 heterocycles. The standard InChI is InChI=1S/C13H23NO3/c1-4-12(15)14(10-13(16-2)17-3)11-8-6-5-7-9-11/h4,11,13H,1,5-10H2,2-3H3. The lowest BCUT2D eigenvalue weighted by Gasteiger charge is -2.35. The van der Waals surface area contributed by atoms with Crippen LogP contribution in [0.3, 0.4) is 0 Å². The number of hydrogen-bond donors (Lipinski definition) is 0. The van der Waals surface area contributed by atoms with Crippen molar-refractivity contribution in [2.75, 3.05) is 20.8 Å². The Hall–Kier alpha value is -0.870. The Morgan fingerprint density at radius 3 is 2.41 bits per heavy atom. The van der Waals surface area contributed by atoms with Gasteiger partial charge in [0.05, 0.1) is 6.54 Å². The van der Waals surface area contributed by atoms with Gasteiger partial charge >= 0.3 is 0 Å². The van der Waals surface area contributed by atoms with E-state index >= 15 is 0 Å². The van der Waals surface area contributed by atoms with Crippen LogP contribution in [0.2, 0.25) is 0 Å². The Morgan fingerprint density at radius 1 is 1.35 bits per heavy atom. The highest BCUT2D eigenvalue weighted by molar-refractivity contribution is 5.87. The molecule has 4 heteroatoms. The molecule has 0 bridgehead atoms. The fourth-order valence-electron chi connectivity index (χ4n) is 2.33. The molecule has 0 atom stereocenters. The van der Waals surface area contributed by atoms with Crippen molar-refractivity contribution in [1.29, 1.82) is 0 Å². The summed E-state index contributed by atoms with van der Waals surface area (Å²) in [6.07, 6.45) is 6.80. The van der Waals surface area contributed by atoms with Gasteiger partial charge in [0.2, 0.25) is 5.91 Å². The molecule has 1 amide bonds. The molecule has 0 saturated heterocycles. The number of hydrogen-bond acceptors (Lipinski definition) is 3. The zero-order valence-corrected chi connectivity index (χ0v) is 10.9. The van der Waals surface area contributed by atoms with Crippen LogP contribution in [0.4, 0.5) is 0 Å². The maximum Gasteiger partial charge on any atom is 0.246 e. The molecular formula is C13H23NO3. The Bertz CT molecular complexity index is 245. The lowest BCUT2D eigenvalue weighted by molar-refractivity contribution is -0.146. The van der Waals surface area contributed by atoms with Crippen LogP contribution >= 0.6 is 0 Å². The maximum absolute atomic E-state index is 11.9. The van der Waals surface area contributed by atoms with Crippen molar-refractivity contribution in [3.63, 3.8) is 0 Å². The number of rotatable bonds is 6. The van der Waals surface area contributed by atoms with Crippen LogP contribution in [0, 0.1) is 0 Å². The van der Waals surface area contributed by atoms with E-state index in [1.54, 1.807) is 14.2 Å². The summed E-state index contributed by atoms with van der Waals surface area (Å²) in [5.74, 6) is -0.0315. The molecule has 1 saturated carbocycles. The SMILES string of the molecule is C=CC(=O)N(CC(OC)OC)C1CCCCC1. The predicted molar refractivity (Wildman–Crippen MR) is 66.6 cm³/mol. The fourth-order valence-corrected chi connectivity index (χ4v) is 2.33. The minimum Gasteiger partial charge on any atom is -0.354 e. The van der Waals surface area contributed by atoms with E-state index in [-0.39, 0.29) is 12.2 Å². The van der Waals surface area contributed by atoms with Gasteiger partial charge in [0, 0.05) is 20.3 Å². The van der Waals surface area contributed by atoms with Gasteiger partial charge in [-0.25, -0.2) is 0 Å². The summed E-state index contributed by atoms with van der Waals surface area (Å²) in [6.45, 7) is 4.04. The van der Waals surface area contributed by atoms with E-state index in [2.05, 4.69) is 6.58 Å². The Labute approximate surface area is 104 Å². The summed E-state index contributed by atoms with van der Waals surface area (Å²) >= 11 is 0. The lowest BCUT2D eigenvalue weighted by Crippen LogP contribution is -2.45. The summed E-state index contributed by atoms with van der Waals surface area (Å²) in [6, 6.07) is 0.307. The maximum atomic E-state index is 11.9. The van der Waals surface area contributed by atoms with E-state index in [1.807, 2.05) is 4.90 Å². The van der Waals surface area contributed by atoms with Crippen molar-refractivity contribution in [3.8, 4) is 0 Å². The second kappa shape index (κ2) is 7.45. The molecule has 0 aliphatic heterocycles. The van der Waals surface area contributed by atoms with Gasteiger partial charge < -0.3 is 14.4 Å². The quantitative estimate of drug-likeness (QED) is 0.527. The van der Waals surface area contributed by atoms with Crippen LogP contribution in [0.15, 0.2) is 12.7 Å². The van der Waals surface area contributed by atoms with Gasteiger partial charge in [-0.05, 0) is 18.9 Å². The van der Waals surface area contributed by atoms with Crippen molar-refractivity contribution >= 4 is 5.91 Å². The molecule has 0 radical (unpaired) electrons. The van der Waals surface area contributed by atoms with Gasteiger partial charge in [-0.2, -0.15) is 0 Å². The number of nitrogens with zero attached hydrogens (tertiary/aromatic N) is 1. The zero-order valence-electron chi connectivity index (χ0n) is 10.9. The molecule has 17 heavy (non-hydrogen) atoms. The molecule has 1 rings (SSSR count). The molecule has 1 aliphatic carbocycles. The van der Waals surface area contributed by atoms with Crippen LogP contribution in [-0.2, 0) is 14.3 Å². The third-order valence-electron chi connectivity index (χ3n) is 3.34. The summed E-state index contributed by atoms with van der Waals surface area (Å²) in [5.41, 5.74) is 0. The molecule has 1 fully saturated rings. The van der Waals surface area contributed by atoms with Crippen molar-refractivity contribution < 1.29 is 14.3 Å². The van der Waals surface area contributed by atoms with Crippen molar-refractivity contribution in [3.05, 3.63) is 12.7 Å². The van der Waals surface area contributed by atoms with E-state index in [4.69, 9.17) is 9.47 Å². The summed E-state index contributed by atoms with van der Waals surface area (Å²) < 4.78 is 10.3. The van der Waals surface area contributed by atoms with E-state index in [0.717, 1.165) is 12.8 Å². The van der Waals surface area contributed by atoms with Crippen molar-refractivity contribution in [1.82, 2.24) is 4.90 Å². The second-order valence-corrected chi connectivity index (χ2v) is 4.39. The highest BCUT2D eigenvalue weighted by Gasteiger charge is 2.26. The first kappa shape index (κ1) is 14.2. The third kappa shape index (κ3) is 4.13. The van der Waals surface area contributed by atoms with E-state index in [1.165, 1.54) is 25.3 Å². The third-order valence-corrected chi connectivity index (χ3v) is 3.34. The van der Waals surface area contributed by atoms with Gasteiger partial charge in [-0.15, -0.1) is 0 Å². The van der Waals surface area contributed by atoms with E-state index in [0.29, 0.717) is 12.6 Å². The molecular weight excluding hydrogens is 218 g/mol. The fraction of sp³-hybridized carbons (Fsp3) is 0.769. The number of ether oxygens (including phenoxy) is 2. The molecule has 0 spiro atoms. The van der Waals surface area contributed by atoms with Crippen LogP contribution in [0.25, 0.3) is 0 Å². The van der Waals surface area contributed by atoms with Crippen molar-refractivity contribution in [2.24, 2.45) is 0 Å². The number of carbonyl (C=O) groups excluding carboxylic acids is 1. The molecule has 98 valence electrons. The van der Waals surface area contributed by atoms with Crippen LogP contribution in [0.5, 0.6) is 0 Å². The van der Waals surface area contributed by atoms with Gasteiger partial charge in [0.25, 0.3) is 0 Å².